The second-order valence-corrected chi connectivity index (χ2v) is 3.39. The standard InChI is InChI=1S/C9H14F3NO3/c1-2-6(5-8(15)16)13-7(14)3-4-9(10,11)12/h6H,2-5H2,1H3,(H,13,14)(H,15,16). The van der Waals surface area contributed by atoms with Crippen LogP contribution in [0.4, 0.5) is 13.2 Å². The molecule has 2 N–H and O–H groups in total. The zero-order chi connectivity index (χ0) is 12.8. The number of hydrogen-bond donors (Lipinski definition) is 2. The number of alkyl halides is 3. The first-order valence-corrected chi connectivity index (χ1v) is 4.82. The van der Waals surface area contributed by atoms with Crippen molar-refractivity contribution < 1.29 is 27.9 Å². The Hall–Kier alpha value is -1.27. The molecule has 0 radical (unpaired) electrons. The van der Waals surface area contributed by atoms with Gasteiger partial charge >= 0.3 is 12.1 Å². The Kier molecular flexibility index (Phi) is 5.84. The maximum atomic E-state index is 11.8. The van der Waals surface area contributed by atoms with Gasteiger partial charge in [0.2, 0.25) is 5.91 Å². The lowest BCUT2D eigenvalue weighted by Gasteiger charge is -2.15. The molecule has 1 atom stereocenters. The number of carboxylic acids is 1. The third-order valence-corrected chi connectivity index (χ3v) is 1.91. The molecular weight excluding hydrogens is 227 g/mol. The molecule has 0 spiro atoms. The van der Waals surface area contributed by atoms with E-state index in [4.69, 9.17) is 5.11 Å². The number of rotatable bonds is 6. The highest BCUT2D eigenvalue weighted by atomic mass is 19.4. The molecule has 0 aliphatic rings. The van der Waals surface area contributed by atoms with Gasteiger partial charge < -0.3 is 10.4 Å². The lowest BCUT2D eigenvalue weighted by Crippen LogP contribution is -2.36. The fourth-order valence-electron chi connectivity index (χ4n) is 1.06. The summed E-state index contributed by atoms with van der Waals surface area (Å²) in [7, 11) is 0. The molecule has 0 fully saturated rings. The van der Waals surface area contributed by atoms with Crippen LogP contribution in [0.2, 0.25) is 0 Å². The van der Waals surface area contributed by atoms with E-state index >= 15 is 0 Å². The van der Waals surface area contributed by atoms with Crippen LogP contribution in [-0.2, 0) is 9.59 Å². The molecule has 4 nitrogen and oxygen atoms in total. The fourth-order valence-corrected chi connectivity index (χ4v) is 1.06. The summed E-state index contributed by atoms with van der Waals surface area (Å²) in [6.45, 7) is 1.65. The minimum absolute atomic E-state index is 0.283. The van der Waals surface area contributed by atoms with E-state index < -0.39 is 36.9 Å². The van der Waals surface area contributed by atoms with E-state index in [-0.39, 0.29) is 6.42 Å². The van der Waals surface area contributed by atoms with Gasteiger partial charge in [-0.25, -0.2) is 0 Å². The quantitative estimate of drug-likeness (QED) is 0.743. The topological polar surface area (TPSA) is 66.4 Å². The van der Waals surface area contributed by atoms with Crippen LogP contribution >= 0.6 is 0 Å². The van der Waals surface area contributed by atoms with Crippen LogP contribution in [0.15, 0.2) is 0 Å². The Morgan fingerprint density at radius 3 is 2.31 bits per heavy atom. The molecule has 0 aromatic heterocycles. The zero-order valence-corrected chi connectivity index (χ0v) is 8.80. The minimum atomic E-state index is -4.37. The van der Waals surface area contributed by atoms with Gasteiger partial charge in [-0.05, 0) is 6.42 Å². The maximum absolute atomic E-state index is 11.8. The van der Waals surface area contributed by atoms with Crippen LogP contribution in [0.25, 0.3) is 0 Å². The number of halogens is 3. The molecule has 16 heavy (non-hydrogen) atoms. The molecule has 94 valence electrons. The van der Waals surface area contributed by atoms with E-state index in [9.17, 15) is 22.8 Å². The maximum Gasteiger partial charge on any atom is 0.389 e. The van der Waals surface area contributed by atoms with Gasteiger partial charge in [-0.15, -0.1) is 0 Å². The number of carbonyl (C=O) groups is 2. The summed E-state index contributed by atoms with van der Waals surface area (Å²) in [6, 6.07) is -0.613. The Morgan fingerprint density at radius 1 is 1.38 bits per heavy atom. The first kappa shape index (κ1) is 14.7. The highest BCUT2D eigenvalue weighted by Gasteiger charge is 2.28. The van der Waals surface area contributed by atoms with Crippen molar-refractivity contribution in [1.29, 1.82) is 0 Å². The molecule has 1 amide bonds. The van der Waals surface area contributed by atoms with Crippen molar-refractivity contribution in [3.8, 4) is 0 Å². The van der Waals surface area contributed by atoms with Gasteiger partial charge in [0.25, 0.3) is 0 Å². The highest BCUT2D eigenvalue weighted by Crippen LogP contribution is 2.21. The zero-order valence-electron chi connectivity index (χ0n) is 8.80. The second kappa shape index (κ2) is 6.34. The number of amides is 1. The Balaban J connectivity index is 3.97. The van der Waals surface area contributed by atoms with Gasteiger partial charge in [-0.1, -0.05) is 6.92 Å². The van der Waals surface area contributed by atoms with E-state index in [0.29, 0.717) is 6.42 Å². The van der Waals surface area contributed by atoms with Crippen molar-refractivity contribution in [2.75, 3.05) is 0 Å². The van der Waals surface area contributed by atoms with E-state index in [1.807, 2.05) is 0 Å². The predicted molar refractivity (Wildman–Crippen MR) is 49.8 cm³/mol. The summed E-state index contributed by atoms with van der Waals surface area (Å²) in [4.78, 5) is 21.4. The molecule has 0 heterocycles. The van der Waals surface area contributed by atoms with Gasteiger partial charge in [-0.3, -0.25) is 9.59 Å². The van der Waals surface area contributed by atoms with E-state index in [2.05, 4.69) is 5.32 Å². The van der Waals surface area contributed by atoms with E-state index in [0.717, 1.165) is 0 Å². The number of aliphatic carboxylic acids is 1. The van der Waals surface area contributed by atoms with Crippen LogP contribution < -0.4 is 5.32 Å². The lowest BCUT2D eigenvalue weighted by atomic mass is 10.1. The molecule has 0 aromatic rings. The average Bonchev–Trinajstić information content (AvgIpc) is 2.12. The molecule has 0 aliphatic heterocycles. The molecule has 0 bridgehead atoms. The summed E-state index contributed by atoms with van der Waals surface area (Å²) in [5.41, 5.74) is 0. The van der Waals surface area contributed by atoms with Crippen molar-refractivity contribution in [3.05, 3.63) is 0 Å². The molecule has 7 heteroatoms. The summed E-state index contributed by atoms with van der Waals surface area (Å²) < 4.78 is 35.3. The Labute approximate surface area is 90.8 Å². The molecule has 1 unspecified atom stereocenters. The molecule has 0 aromatic carbocycles. The van der Waals surface area contributed by atoms with Gasteiger partial charge in [0, 0.05) is 12.5 Å². The van der Waals surface area contributed by atoms with Crippen molar-refractivity contribution in [3.63, 3.8) is 0 Å². The molecule has 0 saturated heterocycles. The van der Waals surface area contributed by atoms with Gasteiger partial charge in [-0.2, -0.15) is 13.2 Å². The number of carbonyl (C=O) groups excluding carboxylic acids is 1. The Morgan fingerprint density at radius 2 is 1.94 bits per heavy atom. The van der Waals surface area contributed by atoms with Crippen molar-refractivity contribution in [2.45, 2.75) is 44.8 Å². The first-order valence-electron chi connectivity index (χ1n) is 4.82. The lowest BCUT2D eigenvalue weighted by molar-refractivity contribution is -0.145. The largest absolute Gasteiger partial charge is 0.481 e. The van der Waals surface area contributed by atoms with Gasteiger partial charge in [0.1, 0.15) is 0 Å². The number of carboxylic acid groups (broad SMARTS) is 1. The minimum Gasteiger partial charge on any atom is -0.481 e. The Bertz CT molecular complexity index is 253. The third-order valence-electron chi connectivity index (χ3n) is 1.91. The molecule has 0 saturated carbocycles. The van der Waals surface area contributed by atoms with Crippen LogP contribution in [-0.4, -0.2) is 29.2 Å². The van der Waals surface area contributed by atoms with Crippen LogP contribution in [0, 0.1) is 0 Å². The SMILES string of the molecule is CCC(CC(=O)O)NC(=O)CCC(F)(F)F. The predicted octanol–water partition coefficient (Wildman–Crippen LogP) is 1.70. The fraction of sp³-hybridized carbons (Fsp3) is 0.778. The van der Waals surface area contributed by atoms with E-state index in [1.54, 1.807) is 6.92 Å². The van der Waals surface area contributed by atoms with Crippen molar-refractivity contribution >= 4 is 11.9 Å². The van der Waals surface area contributed by atoms with Crippen LogP contribution in [0.1, 0.15) is 32.6 Å². The second-order valence-electron chi connectivity index (χ2n) is 3.39. The average molecular weight is 241 g/mol. The normalized spacial score (nSPS) is 13.2. The number of nitrogens with one attached hydrogen (secondary N) is 1. The number of hydrogen-bond acceptors (Lipinski definition) is 2. The molecule has 0 rings (SSSR count). The summed E-state index contributed by atoms with van der Waals surface area (Å²) in [5.74, 6) is -1.87. The first-order chi connectivity index (χ1) is 7.24. The van der Waals surface area contributed by atoms with Crippen molar-refractivity contribution in [1.82, 2.24) is 5.32 Å². The van der Waals surface area contributed by atoms with Gasteiger partial charge in [0.15, 0.2) is 0 Å². The smallest absolute Gasteiger partial charge is 0.389 e. The summed E-state index contributed by atoms with van der Waals surface area (Å²) >= 11 is 0. The summed E-state index contributed by atoms with van der Waals surface area (Å²) in [6.07, 6.45) is -6.15. The summed E-state index contributed by atoms with van der Waals surface area (Å²) in [5, 5.41) is 10.7. The van der Waals surface area contributed by atoms with Crippen LogP contribution in [0.3, 0.4) is 0 Å². The van der Waals surface area contributed by atoms with Gasteiger partial charge in [0.05, 0.1) is 12.8 Å². The van der Waals surface area contributed by atoms with Crippen LogP contribution in [0.5, 0.6) is 0 Å². The van der Waals surface area contributed by atoms with Crippen molar-refractivity contribution in [2.24, 2.45) is 0 Å². The monoisotopic (exact) mass is 241 g/mol. The third kappa shape index (κ3) is 8.07. The molecular formula is C9H14F3NO3. The highest BCUT2D eigenvalue weighted by molar-refractivity contribution is 5.77. The molecule has 0 aliphatic carbocycles. The van der Waals surface area contributed by atoms with E-state index in [1.165, 1.54) is 0 Å².